The van der Waals surface area contributed by atoms with E-state index in [1.165, 1.54) is 45.3 Å². The standard InChI is InChI=1S/C12H22N2O/c1-2-11(15-7-1)8-13-12-9-14-5-3-10(12)4-6-14/h10-13H,1-9H2. The lowest BCUT2D eigenvalue weighted by molar-refractivity contribution is 0.0569. The molecule has 4 fully saturated rings. The Kier molecular flexibility index (Phi) is 2.95. The molecule has 0 aromatic rings. The van der Waals surface area contributed by atoms with Crippen LogP contribution in [0.25, 0.3) is 0 Å². The Morgan fingerprint density at radius 1 is 1.20 bits per heavy atom. The van der Waals surface area contributed by atoms with Crippen molar-refractivity contribution in [1.82, 2.24) is 10.2 Å². The van der Waals surface area contributed by atoms with Crippen LogP contribution in [0.2, 0.25) is 0 Å². The summed E-state index contributed by atoms with van der Waals surface area (Å²) >= 11 is 0. The number of rotatable bonds is 3. The summed E-state index contributed by atoms with van der Waals surface area (Å²) in [7, 11) is 0. The van der Waals surface area contributed by atoms with Gasteiger partial charge in [0.05, 0.1) is 6.10 Å². The van der Waals surface area contributed by atoms with E-state index in [4.69, 9.17) is 4.74 Å². The third kappa shape index (κ3) is 2.19. The first-order valence-electron chi connectivity index (χ1n) is 6.49. The minimum Gasteiger partial charge on any atom is -0.377 e. The molecule has 0 aromatic carbocycles. The van der Waals surface area contributed by atoms with Crippen LogP contribution >= 0.6 is 0 Å². The minimum absolute atomic E-state index is 0.500. The van der Waals surface area contributed by atoms with Gasteiger partial charge < -0.3 is 15.0 Å². The first-order valence-corrected chi connectivity index (χ1v) is 6.49. The normalized spacial score (nSPS) is 44.8. The van der Waals surface area contributed by atoms with Crippen molar-refractivity contribution in [2.75, 3.05) is 32.8 Å². The largest absolute Gasteiger partial charge is 0.377 e. The van der Waals surface area contributed by atoms with Crippen molar-refractivity contribution >= 4 is 0 Å². The second-order valence-electron chi connectivity index (χ2n) is 5.29. The lowest BCUT2D eigenvalue weighted by atomic mass is 9.84. The summed E-state index contributed by atoms with van der Waals surface area (Å²) in [5.74, 6) is 0.941. The fraction of sp³-hybridized carbons (Fsp3) is 1.00. The van der Waals surface area contributed by atoms with Crippen LogP contribution in [-0.2, 0) is 4.74 Å². The zero-order valence-electron chi connectivity index (χ0n) is 9.45. The van der Waals surface area contributed by atoms with Gasteiger partial charge in [-0.15, -0.1) is 0 Å². The zero-order valence-corrected chi connectivity index (χ0v) is 9.45. The number of nitrogens with zero attached hydrogens (tertiary/aromatic N) is 1. The molecule has 3 nitrogen and oxygen atoms in total. The van der Waals surface area contributed by atoms with Gasteiger partial charge in [0, 0.05) is 25.7 Å². The van der Waals surface area contributed by atoms with Crippen molar-refractivity contribution in [2.24, 2.45) is 5.92 Å². The summed E-state index contributed by atoms with van der Waals surface area (Å²) in [6.07, 6.45) is 5.83. The smallest absolute Gasteiger partial charge is 0.0700 e. The van der Waals surface area contributed by atoms with Crippen molar-refractivity contribution in [3.63, 3.8) is 0 Å². The van der Waals surface area contributed by atoms with E-state index in [9.17, 15) is 0 Å². The quantitative estimate of drug-likeness (QED) is 0.747. The van der Waals surface area contributed by atoms with E-state index in [2.05, 4.69) is 10.2 Å². The molecule has 4 aliphatic heterocycles. The van der Waals surface area contributed by atoms with E-state index in [-0.39, 0.29) is 0 Å². The molecule has 4 saturated heterocycles. The molecular weight excluding hydrogens is 188 g/mol. The van der Waals surface area contributed by atoms with Crippen LogP contribution < -0.4 is 5.32 Å². The highest BCUT2D eigenvalue weighted by Gasteiger charge is 2.34. The second kappa shape index (κ2) is 4.40. The van der Waals surface area contributed by atoms with Gasteiger partial charge in [0.25, 0.3) is 0 Å². The Balaban J connectivity index is 1.46. The van der Waals surface area contributed by atoms with E-state index in [0.717, 1.165) is 25.1 Å². The molecule has 2 bridgehead atoms. The number of hydrogen-bond acceptors (Lipinski definition) is 3. The monoisotopic (exact) mass is 210 g/mol. The molecule has 4 rings (SSSR count). The number of ether oxygens (including phenoxy) is 1. The minimum atomic E-state index is 0.500. The number of fused-ring (bicyclic) bond motifs is 3. The molecule has 0 amide bonds. The van der Waals surface area contributed by atoms with Gasteiger partial charge in [0.2, 0.25) is 0 Å². The summed E-state index contributed by atoms with van der Waals surface area (Å²) in [6.45, 7) is 6.00. The lowest BCUT2D eigenvalue weighted by Gasteiger charge is -2.45. The summed E-state index contributed by atoms with van der Waals surface area (Å²) in [6, 6.07) is 0.747. The highest BCUT2D eigenvalue weighted by Crippen LogP contribution is 2.27. The molecule has 2 unspecified atom stereocenters. The van der Waals surface area contributed by atoms with Crippen LogP contribution in [0.15, 0.2) is 0 Å². The van der Waals surface area contributed by atoms with Crippen LogP contribution in [0.5, 0.6) is 0 Å². The van der Waals surface area contributed by atoms with Crippen molar-refractivity contribution in [2.45, 2.75) is 37.8 Å². The maximum absolute atomic E-state index is 5.65. The lowest BCUT2D eigenvalue weighted by Crippen LogP contribution is -2.56. The van der Waals surface area contributed by atoms with Gasteiger partial charge in [0.15, 0.2) is 0 Å². The van der Waals surface area contributed by atoms with Crippen LogP contribution in [0.1, 0.15) is 25.7 Å². The maximum Gasteiger partial charge on any atom is 0.0700 e. The molecule has 0 spiro atoms. The fourth-order valence-electron chi connectivity index (χ4n) is 3.28. The van der Waals surface area contributed by atoms with Gasteiger partial charge in [-0.2, -0.15) is 0 Å². The van der Waals surface area contributed by atoms with Gasteiger partial charge >= 0.3 is 0 Å². The Bertz CT molecular complexity index is 208. The van der Waals surface area contributed by atoms with E-state index >= 15 is 0 Å². The predicted molar refractivity (Wildman–Crippen MR) is 59.9 cm³/mol. The molecule has 2 atom stereocenters. The van der Waals surface area contributed by atoms with Crippen molar-refractivity contribution in [1.29, 1.82) is 0 Å². The van der Waals surface area contributed by atoms with Crippen molar-refractivity contribution < 1.29 is 4.74 Å². The Morgan fingerprint density at radius 2 is 2.07 bits per heavy atom. The molecular formula is C12H22N2O. The zero-order chi connectivity index (χ0) is 10.1. The highest BCUT2D eigenvalue weighted by atomic mass is 16.5. The SMILES string of the molecule is C1COC(CNC2CN3CCC2CC3)C1. The van der Waals surface area contributed by atoms with E-state index in [1.54, 1.807) is 0 Å². The molecule has 0 saturated carbocycles. The van der Waals surface area contributed by atoms with Crippen molar-refractivity contribution in [3.8, 4) is 0 Å². The molecule has 0 aliphatic carbocycles. The molecule has 1 N–H and O–H groups in total. The van der Waals surface area contributed by atoms with Gasteiger partial charge in [-0.25, -0.2) is 0 Å². The first-order chi connectivity index (χ1) is 7.42. The molecule has 0 aromatic heterocycles. The van der Waals surface area contributed by atoms with Gasteiger partial charge in [-0.3, -0.25) is 0 Å². The first kappa shape index (κ1) is 10.1. The van der Waals surface area contributed by atoms with E-state index < -0.39 is 0 Å². The summed E-state index contributed by atoms with van der Waals surface area (Å²) in [4.78, 5) is 2.60. The van der Waals surface area contributed by atoms with E-state index in [0.29, 0.717) is 6.10 Å². The van der Waals surface area contributed by atoms with Gasteiger partial charge in [0.1, 0.15) is 0 Å². The summed E-state index contributed by atoms with van der Waals surface area (Å²) < 4.78 is 5.65. The Labute approximate surface area is 92.2 Å². The van der Waals surface area contributed by atoms with Crippen LogP contribution in [0.3, 0.4) is 0 Å². The molecule has 15 heavy (non-hydrogen) atoms. The Morgan fingerprint density at radius 3 is 2.67 bits per heavy atom. The maximum atomic E-state index is 5.65. The van der Waals surface area contributed by atoms with Crippen LogP contribution in [0.4, 0.5) is 0 Å². The van der Waals surface area contributed by atoms with Crippen molar-refractivity contribution in [3.05, 3.63) is 0 Å². The average Bonchev–Trinajstić information content (AvgIpc) is 2.81. The third-order valence-corrected chi connectivity index (χ3v) is 4.29. The Hall–Kier alpha value is -0.120. The number of hydrogen-bond donors (Lipinski definition) is 1. The van der Waals surface area contributed by atoms with Crippen LogP contribution in [0, 0.1) is 5.92 Å². The molecule has 86 valence electrons. The topological polar surface area (TPSA) is 24.5 Å². The summed E-state index contributed by atoms with van der Waals surface area (Å²) in [5.41, 5.74) is 0. The number of piperidine rings is 3. The molecule has 4 aliphatic rings. The molecule has 3 heteroatoms. The predicted octanol–water partition coefficient (Wildman–Crippen LogP) is 0.849. The summed E-state index contributed by atoms with van der Waals surface area (Å²) in [5, 5.41) is 3.73. The van der Waals surface area contributed by atoms with Gasteiger partial charge in [-0.1, -0.05) is 0 Å². The number of nitrogens with one attached hydrogen (secondary N) is 1. The highest BCUT2D eigenvalue weighted by molar-refractivity contribution is 4.91. The molecule has 4 heterocycles. The third-order valence-electron chi connectivity index (χ3n) is 4.29. The fourth-order valence-corrected chi connectivity index (χ4v) is 3.28. The average molecular weight is 210 g/mol. The van der Waals surface area contributed by atoms with Crippen LogP contribution in [-0.4, -0.2) is 49.8 Å². The van der Waals surface area contributed by atoms with Gasteiger partial charge in [-0.05, 0) is 44.7 Å². The van der Waals surface area contributed by atoms with E-state index in [1.807, 2.05) is 0 Å². The second-order valence-corrected chi connectivity index (χ2v) is 5.29. The molecule has 0 radical (unpaired) electrons.